The Hall–Kier alpha value is -2.53. The van der Waals surface area contributed by atoms with Gasteiger partial charge in [0.2, 0.25) is 0 Å². The first-order chi connectivity index (χ1) is 11.8. The van der Waals surface area contributed by atoms with Crippen molar-refractivity contribution < 1.29 is 9.53 Å². The van der Waals surface area contributed by atoms with Crippen LogP contribution < -0.4 is 10.4 Å². The summed E-state index contributed by atoms with van der Waals surface area (Å²) in [5, 5.41) is 0.494. The smallest absolute Gasteiger partial charge is 0.328 e. The lowest BCUT2D eigenvalue weighted by Gasteiger charge is -2.14. The number of hydrogen-bond acceptors (Lipinski definition) is 3. The van der Waals surface area contributed by atoms with Crippen LogP contribution in [-0.2, 0) is 14.1 Å². The highest BCUT2D eigenvalue weighted by Gasteiger charge is 2.21. The number of methoxy groups -OCH3 is 1. The standard InChI is InChI=1S/C19H19ClN2O3/c1-11(14-7-6-13(25-4)10-15(14)20)18(23)12-5-8-16-17(9-12)22(3)19(24)21(16)2/h5-11H,1-4H3. The summed E-state index contributed by atoms with van der Waals surface area (Å²) < 4.78 is 8.25. The fourth-order valence-electron chi connectivity index (χ4n) is 3.04. The molecule has 130 valence electrons. The summed E-state index contributed by atoms with van der Waals surface area (Å²) in [5.41, 5.74) is 2.69. The van der Waals surface area contributed by atoms with Crippen LogP contribution in [0, 0.1) is 0 Å². The van der Waals surface area contributed by atoms with Gasteiger partial charge in [-0.15, -0.1) is 0 Å². The number of halogens is 1. The molecule has 0 aliphatic carbocycles. The summed E-state index contributed by atoms with van der Waals surface area (Å²) >= 11 is 6.30. The van der Waals surface area contributed by atoms with E-state index in [1.807, 2.05) is 6.92 Å². The molecule has 0 N–H and O–H groups in total. The van der Waals surface area contributed by atoms with Crippen LogP contribution in [0.1, 0.15) is 28.8 Å². The number of carbonyl (C=O) groups is 1. The van der Waals surface area contributed by atoms with E-state index >= 15 is 0 Å². The molecule has 0 aliphatic heterocycles. The fourth-order valence-corrected chi connectivity index (χ4v) is 3.37. The van der Waals surface area contributed by atoms with Gasteiger partial charge in [-0.2, -0.15) is 0 Å². The molecule has 0 bridgehead atoms. The molecule has 2 aromatic carbocycles. The number of carbonyl (C=O) groups excluding carboxylic acids is 1. The van der Waals surface area contributed by atoms with Crippen molar-refractivity contribution in [2.75, 3.05) is 7.11 Å². The monoisotopic (exact) mass is 358 g/mol. The Labute approximate surface area is 150 Å². The van der Waals surface area contributed by atoms with E-state index in [9.17, 15) is 9.59 Å². The molecule has 5 nitrogen and oxygen atoms in total. The highest BCUT2D eigenvalue weighted by molar-refractivity contribution is 6.32. The number of Topliss-reactive ketones (excluding diaryl/α,β-unsaturated/α-hetero) is 1. The molecule has 0 saturated heterocycles. The lowest BCUT2D eigenvalue weighted by Crippen LogP contribution is -2.19. The second kappa shape index (κ2) is 6.41. The quantitative estimate of drug-likeness (QED) is 0.670. The molecule has 1 aromatic heterocycles. The van der Waals surface area contributed by atoms with Crippen molar-refractivity contribution in [3.63, 3.8) is 0 Å². The normalized spacial score (nSPS) is 12.4. The Balaban J connectivity index is 2.01. The minimum Gasteiger partial charge on any atom is -0.497 e. The zero-order chi connectivity index (χ0) is 18.3. The van der Waals surface area contributed by atoms with Crippen LogP contribution in [0.2, 0.25) is 5.02 Å². The SMILES string of the molecule is COc1ccc(C(C)C(=O)c2ccc3c(c2)n(C)c(=O)n3C)c(Cl)c1. The van der Waals surface area contributed by atoms with Crippen molar-refractivity contribution in [2.24, 2.45) is 14.1 Å². The van der Waals surface area contributed by atoms with Crippen LogP contribution in [0.3, 0.4) is 0 Å². The molecule has 0 radical (unpaired) electrons. The maximum Gasteiger partial charge on any atom is 0.328 e. The third kappa shape index (κ3) is 2.85. The van der Waals surface area contributed by atoms with Crippen molar-refractivity contribution in [2.45, 2.75) is 12.8 Å². The lowest BCUT2D eigenvalue weighted by molar-refractivity contribution is 0.0966. The maximum absolute atomic E-state index is 12.9. The van der Waals surface area contributed by atoms with Gasteiger partial charge in [-0.25, -0.2) is 4.79 Å². The fraction of sp³-hybridized carbons (Fsp3) is 0.263. The van der Waals surface area contributed by atoms with Crippen LogP contribution >= 0.6 is 11.6 Å². The second-order valence-corrected chi connectivity index (χ2v) is 6.48. The third-order valence-corrected chi connectivity index (χ3v) is 4.95. The van der Waals surface area contributed by atoms with Gasteiger partial charge >= 0.3 is 5.69 Å². The Kier molecular flexibility index (Phi) is 4.43. The number of hydrogen-bond donors (Lipinski definition) is 0. The molecular formula is C19H19ClN2O3. The van der Waals surface area contributed by atoms with Gasteiger partial charge in [-0.3, -0.25) is 13.9 Å². The minimum absolute atomic E-state index is 0.0507. The number of imidazole rings is 1. The molecule has 1 heterocycles. The molecule has 3 aromatic rings. The number of fused-ring (bicyclic) bond motifs is 1. The predicted octanol–water partition coefficient (Wildman–Crippen LogP) is 3.53. The molecule has 0 amide bonds. The van der Waals surface area contributed by atoms with E-state index in [0.29, 0.717) is 16.3 Å². The number of ketones is 1. The Morgan fingerprint density at radius 1 is 1.08 bits per heavy atom. The average molecular weight is 359 g/mol. The van der Waals surface area contributed by atoms with Crippen LogP contribution in [0.4, 0.5) is 0 Å². The average Bonchev–Trinajstić information content (AvgIpc) is 2.84. The number of rotatable bonds is 4. The first kappa shape index (κ1) is 17.3. The van der Waals surface area contributed by atoms with Gasteiger partial charge in [-0.05, 0) is 35.9 Å². The van der Waals surface area contributed by atoms with E-state index in [1.165, 1.54) is 4.57 Å². The number of nitrogens with zero attached hydrogens (tertiary/aromatic N) is 2. The van der Waals surface area contributed by atoms with Gasteiger partial charge in [0.15, 0.2) is 5.78 Å². The molecule has 6 heteroatoms. The molecule has 1 unspecified atom stereocenters. The first-order valence-corrected chi connectivity index (χ1v) is 8.26. The second-order valence-electron chi connectivity index (χ2n) is 6.08. The molecule has 0 fully saturated rings. The van der Waals surface area contributed by atoms with Crippen molar-refractivity contribution in [1.82, 2.24) is 9.13 Å². The molecule has 0 spiro atoms. The van der Waals surface area contributed by atoms with Gasteiger partial charge < -0.3 is 4.74 Å². The molecule has 0 saturated carbocycles. The first-order valence-electron chi connectivity index (χ1n) is 7.88. The highest BCUT2D eigenvalue weighted by atomic mass is 35.5. The highest BCUT2D eigenvalue weighted by Crippen LogP contribution is 2.31. The lowest BCUT2D eigenvalue weighted by atomic mass is 9.92. The summed E-state index contributed by atoms with van der Waals surface area (Å²) in [6, 6.07) is 10.6. The molecule has 3 rings (SSSR count). The molecule has 0 aliphatic rings. The molecule has 25 heavy (non-hydrogen) atoms. The van der Waals surface area contributed by atoms with E-state index in [0.717, 1.165) is 16.6 Å². The number of ether oxygens (including phenoxy) is 1. The van der Waals surface area contributed by atoms with Crippen molar-refractivity contribution in [3.8, 4) is 5.75 Å². The Morgan fingerprint density at radius 2 is 1.76 bits per heavy atom. The summed E-state index contributed by atoms with van der Waals surface area (Å²) in [7, 11) is 4.98. The van der Waals surface area contributed by atoms with Crippen LogP contribution in [0.25, 0.3) is 11.0 Å². The molecular weight excluding hydrogens is 340 g/mol. The van der Waals surface area contributed by atoms with E-state index in [2.05, 4.69) is 0 Å². The third-order valence-electron chi connectivity index (χ3n) is 4.62. The van der Waals surface area contributed by atoms with E-state index in [4.69, 9.17) is 16.3 Å². The van der Waals surface area contributed by atoms with Crippen LogP contribution in [0.5, 0.6) is 5.75 Å². The minimum atomic E-state index is -0.406. The number of aryl methyl sites for hydroxylation is 2. The van der Waals surface area contributed by atoms with Gasteiger partial charge in [0, 0.05) is 30.6 Å². The van der Waals surface area contributed by atoms with Crippen molar-refractivity contribution in [1.29, 1.82) is 0 Å². The van der Waals surface area contributed by atoms with Crippen LogP contribution in [0.15, 0.2) is 41.2 Å². The van der Waals surface area contributed by atoms with Gasteiger partial charge in [0.1, 0.15) is 5.75 Å². The molecule has 1 atom stereocenters. The maximum atomic E-state index is 12.9. The largest absolute Gasteiger partial charge is 0.497 e. The number of aromatic nitrogens is 2. The van der Waals surface area contributed by atoms with Crippen LogP contribution in [-0.4, -0.2) is 22.0 Å². The van der Waals surface area contributed by atoms with Gasteiger partial charge in [0.25, 0.3) is 0 Å². The topological polar surface area (TPSA) is 53.2 Å². The van der Waals surface area contributed by atoms with E-state index < -0.39 is 5.92 Å². The van der Waals surface area contributed by atoms with Gasteiger partial charge in [-0.1, -0.05) is 24.6 Å². The zero-order valence-electron chi connectivity index (χ0n) is 14.5. The summed E-state index contributed by atoms with van der Waals surface area (Å²) in [6.45, 7) is 1.82. The zero-order valence-corrected chi connectivity index (χ0v) is 15.3. The van der Waals surface area contributed by atoms with Crippen molar-refractivity contribution >= 4 is 28.4 Å². The Morgan fingerprint density at radius 3 is 2.40 bits per heavy atom. The van der Waals surface area contributed by atoms with E-state index in [1.54, 1.807) is 62.2 Å². The van der Waals surface area contributed by atoms with E-state index in [-0.39, 0.29) is 11.5 Å². The van der Waals surface area contributed by atoms with Crippen molar-refractivity contribution in [3.05, 3.63) is 63.0 Å². The predicted molar refractivity (Wildman–Crippen MR) is 98.9 cm³/mol. The summed E-state index contributed by atoms with van der Waals surface area (Å²) in [5.74, 6) is 0.191. The van der Waals surface area contributed by atoms with Gasteiger partial charge in [0.05, 0.1) is 18.1 Å². The Bertz CT molecular complexity index is 1030. The summed E-state index contributed by atoms with van der Waals surface area (Å²) in [4.78, 5) is 25.0. The summed E-state index contributed by atoms with van der Waals surface area (Å²) in [6.07, 6.45) is 0. The number of benzene rings is 2.